The van der Waals surface area contributed by atoms with Gasteiger partial charge >= 0.3 is 0 Å². The van der Waals surface area contributed by atoms with Gasteiger partial charge in [-0.05, 0) is 19.1 Å². The maximum Gasteiger partial charge on any atom is 0.251 e. The van der Waals surface area contributed by atoms with Crippen molar-refractivity contribution in [3.05, 3.63) is 29.8 Å². The Kier molecular flexibility index (Phi) is 3.79. The van der Waals surface area contributed by atoms with Gasteiger partial charge in [-0.3, -0.25) is 4.79 Å². The molecule has 0 spiro atoms. The van der Waals surface area contributed by atoms with Gasteiger partial charge in [0.05, 0.1) is 18.8 Å². The number of para-hydroxylation sites is 1. The van der Waals surface area contributed by atoms with Crippen molar-refractivity contribution in [2.75, 3.05) is 26.3 Å². The van der Waals surface area contributed by atoms with Gasteiger partial charge in [0.1, 0.15) is 11.9 Å². The molecule has 1 aromatic carbocycles. The predicted molar refractivity (Wildman–Crippen MR) is 76.4 cm³/mol. The van der Waals surface area contributed by atoms with Gasteiger partial charge in [-0.1, -0.05) is 12.1 Å². The van der Waals surface area contributed by atoms with Gasteiger partial charge in [-0.25, -0.2) is 4.99 Å². The summed E-state index contributed by atoms with van der Waals surface area (Å²) >= 11 is 0. The lowest BCUT2D eigenvalue weighted by molar-refractivity contribution is -0.137. The lowest BCUT2D eigenvalue weighted by atomic mass is 10.1. The summed E-state index contributed by atoms with van der Waals surface area (Å²) in [6.07, 6.45) is -0.338. The summed E-state index contributed by atoms with van der Waals surface area (Å²) < 4.78 is 10.9. The second-order valence-electron chi connectivity index (χ2n) is 5.16. The van der Waals surface area contributed by atoms with Crippen molar-refractivity contribution in [3.8, 4) is 5.75 Å². The van der Waals surface area contributed by atoms with Crippen LogP contribution in [0.1, 0.15) is 12.5 Å². The molecule has 1 aromatic rings. The smallest absolute Gasteiger partial charge is 0.251 e. The van der Waals surface area contributed by atoms with E-state index in [4.69, 9.17) is 9.47 Å². The second-order valence-corrected chi connectivity index (χ2v) is 5.16. The number of phenolic OH excluding ortho intramolecular Hbond substituents is 1. The number of carbonyl (C=O) groups is 1. The highest BCUT2D eigenvalue weighted by molar-refractivity contribution is 6.00. The molecule has 0 radical (unpaired) electrons. The zero-order chi connectivity index (χ0) is 14.8. The van der Waals surface area contributed by atoms with Gasteiger partial charge in [0.25, 0.3) is 5.91 Å². The first-order chi connectivity index (χ1) is 10.2. The second kappa shape index (κ2) is 5.73. The topological polar surface area (TPSA) is 71.4 Å². The highest BCUT2D eigenvalue weighted by Gasteiger charge is 2.37. The van der Waals surface area contributed by atoms with Gasteiger partial charge in [0.2, 0.25) is 5.90 Å². The van der Waals surface area contributed by atoms with E-state index >= 15 is 0 Å². The maximum absolute atomic E-state index is 12.5. The molecule has 2 aliphatic heterocycles. The molecule has 0 aliphatic carbocycles. The van der Waals surface area contributed by atoms with Crippen LogP contribution in [0.5, 0.6) is 5.75 Å². The summed E-state index contributed by atoms with van der Waals surface area (Å²) in [5, 5.41) is 9.86. The van der Waals surface area contributed by atoms with Crippen LogP contribution in [-0.4, -0.2) is 60.3 Å². The third-order valence-electron chi connectivity index (χ3n) is 3.71. The van der Waals surface area contributed by atoms with Crippen LogP contribution in [0.4, 0.5) is 0 Å². The van der Waals surface area contributed by atoms with E-state index in [0.29, 0.717) is 37.8 Å². The number of ether oxygens (including phenoxy) is 2. The van der Waals surface area contributed by atoms with E-state index in [2.05, 4.69) is 4.99 Å². The Morgan fingerprint density at radius 2 is 2.05 bits per heavy atom. The number of carbonyl (C=O) groups excluding carboxylic acids is 1. The van der Waals surface area contributed by atoms with Gasteiger partial charge in [-0.15, -0.1) is 0 Å². The summed E-state index contributed by atoms with van der Waals surface area (Å²) in [5.74, 6) is 0.381. The van der Waals surface area contributed by atoms with Crippen molar-refractivity contribution in [1.82, 2.24) is 4.90 Å². The number of phenols is 1. The fraction of sp³-hybridized carbons (Fsp3) is 0.467. The van der Waals surface area contributed by atoms with Crippen LogP contribution in [0.25, 0.3) is 0 Å². The van der Waals surface area contributed by atoms with E-state index < -0.39 is 6.04 Å². The van der Waals surface area contributed by atoms with Crippen molar-refractivity contribution in [3.63, 3.8) is 0 Å². The fourth-order valence-corrected chi connectivity index (χ4v) is 2.52. The molecule has 6 heteroatoms. The standard InChI is InChI=1S/C15H18N2O4/c1-10-13(15(19)17-6-8-20-9-7-17)16-14(21-10)11-4-2-3-5-12(11)18/h2-5,10,13,18H,6-9H2,1H3/t10-,13-/m0/s1. The number of benzene rings is 1. The minimum absolute atomic E-state index is 0.0452. The Bertz CT molecular complexity index is 567. The van der Waals surface area contributed by atoms with Gasteiger partial charge in [0.15, 0.2) is 6.04 Å². The van der Waals surface area contributed by atoms with E-state index in [1.165, 1.54) is 0 Å². The van der Waals surface area contributed by atoms with Crippen LogP contribution < -0.4 is 0 Å². The van der Waals surface area contributed by atoms with Gasteiger partial charge in [-0.2, -0.15) is 0 Å². The van der Waals surface area contributed by atoms with E-state index in [1.807, 2.05) is 6.92 Å². The maximum atomic E-state index is 12.5. The zero-order valence-electron chi connectivity index (χ0n) is 11.9. The van der Waals surface area contributed by atoms with Crippen molar-refractivity contribution >= 4 is 11.8 Å². The minimum Gasteiger partial charge on any atom is -0.507 e. The van der Waals surface area contributed by atoms with E-state index in [0.717, 1.165) is 0 Å². The van der Waals surface area contributed by atoms with E-state index in [9.17, 15) is 9.90 Å². The Morgan fingerprint density at radius 1 is 1.33 bits per heavy atom. The van der Waals surface area contributed by atoms with Crippen molar-refractivity contribution in [1.29, 1.82) is 0 Å². The van der Waals surface area contributed by atoms with Crippen LogP contribution in [0, 0.1) is 0 Å². The summed E-state index contributed by atoms with van der Waals surface area (Å²) in [7, 11) is 0. The molecule has 3 rings (SSSR count). The van der Waals surface area contributed by atoms with Crippen LogP contribution in [-0.2, 0) is 14.3 Å². The third-order valence-corrected chi connectivity index (χ3v) is 3.71. The first kappa shape index (κ1) is 13.9. The lowest BCUT2D eigenvalue weighted by Crippen LogP contribution is -2.47. The molecule has 21 heavy (non-hydrogen) atoms. The quantitative estimate of drug-likeness (QED) is 0.874. The minimum atomic E-state index is -0.558. The molecule has 112 valence electrons. The molecule has 1 fully saturated rings. The molecule has 2 aliphatic rings. The molecule has 6 nitrogen and oxygen atoms in total. The number of hydrogen-bond acceptors (Lipinski definition) is 5. The summed E-state index contributed by atoms with van der Waals surface area (Å²) in [5.41, 5.74) is 0.515. The summed E-state index contributed by atoms with van der Waals surface area (Å²) in [6, 6.07) is 6.26. The number of nitrogens with zero attached hydrogens (tertiary/aromatic N) is 2. The monoisotopic (exact) mass is 290 g/mol. The van der Waals surface area contributed by atoms with Crippen molar-refractivity contribution in [2.24, 2.45) is 4.99 Å². The van der Waals surface area contributed by atoms with Crippen LogP contribution >= 0.6 is 0 Å². The largest absolute Gasteiger partial charge is 0.507 e. The Morgan fingerprint density at radius 3 is 2.76 bits per heavy atom. The molecule has 0 bridgehead atoms. The molecule has 0 unspecified atom stereocenters. The molecule has 1 saturated heterocycles. The fourth-order valence-electron chi connectivity index (χ4n) is 2.52. The zero-order valence-corrected chi connectivity index (χ0v) is 11.9. The molecule has 1 N–H and O–H groups in total. The number of amides is 1. The predicted octanol–water partition coefficient (Wildman–Crippen LogP) is 0.785. The summed E-state index contributed by atoms with van der Waals surface area (Å²) in [4.78, 5) is 18.6. The first-order valence-electron chi connectivity index (χ1n) is 7.06. The normalized spacial score (nSPS) is 25.4. The molecule has 1 amide bonds. The Hall–Kier alpha value is -2.08. The first-order valence-corrected chi connectivity index (χ1v) is 7.06. The van der Waals surface area contributed by atoms with Crippen molar-refractivity contribution in [2.45, 2.75) is 19.1 Å². The molecule has 2 atom stereocenters. The van der Waals surface area contributed by atoms with Crippen LogP contribution in [0.2, 0.25) is 0 Å². The van der Waals surface area contributed by atoms with Gasteiger partial charge < -0.3 is 19.5 Å². The Labute approximate surface area is 123 Å². The number of aliphatic imine (C=N–C) groups is 1. The average molecular weight is 290 g/mol. The van der Waals surface area contributed by atoms with Crippen molar-refractivity contribution < 1.29 is 19.4 Å². The van der Waals surface area contributed by atoms with Gasteiger partial charge in [0, 0.05) is 13.1 Å². The third kappa shape index (κ3) is 2.71. The molecule has 2 heterocycles. The molecular weight excluding hydrogens is 272 g/mol. The molecule has 0 aromatic heterocycles. The number of hydrogen-bond donors (Lipinski definition) is 1. The molecular formula is C15H18N2O4. The van der Waals surface area contributed by atoms with E-state index in [1.54, 1.807) is 29.2 Å². The molecule has 0 saturated carbocycles. The number of rotatable bonds is 2. The van der Waals surface area contributed by atoms with Crippen LogP contribution in [0.15, 0.2) is 29.3 Å². The Balaban J connectivity index is 1.80. The highest BCUT2D eigenvalue weighted by atomic mass is 16.5. The average Bonchev–Trinajstić information content (AvgIpc) is 2.89. The number of morpholine rings is 1. The lowest BCUT2D eigenvalue weighted by Gasteiger charge is -2.28. The SMILES string of the molecule is C[C@@H]1OC(c2ccccc2O)=N[C@@H]1C(=O)N1CCOCC1. The van der Waals surface area contributed by atoms with E-state index in [-0.39, 0.29) is 17.8 Å². The number of aromatic hydroxyl groups is 1. The van der Waals surface area contributed by atoms with Crippen LogP contribution in [0.3, 0.4) is 0 Å². The summed E-state index contributed by atoms with van der Waals surface area (Å²) in [6.45, 7) is 4.11. The highest BCUT2D eigenvalue weighted by Crippen LogP contribution is 2.25.